The zero-order chi connectivity index (χ0) is 14.0. The molecule has 6 nitrogen and oxygen atoms in total. The van der Waals surface area contributed by atoms with Gasteiger partial charge in [-0.25, -0.2) is 0 Å². The molecule has 3 N–H and O–H groups in total. The van der Waals surface area contributed by atoms with Crippen molar-refractivity contribution in [1.82, 2.24) is 4.90 Å². The van der Waals surface area contributed by atoms with Crippen LogP contribution in [0.2, 0.25) is 0 Å². The molecule has 0 spiro atoms. The Hall–Kier alpha value is -2.24. The van der Waals surface area contributed by atoms with Crippen molar-refractivity contribution in [2.24, 2.45) is 0 Å². The van der Waals surface area contributed by atoms with Gasteiger partial charge >= 0.3 is 5.97 Å². The van der Waals surface area contributed by atoms with Crippen LogP contribution in [0, 0.1) is 0 Å². The Morgan fingerprint density at radius 2 is 2.00 bits per heavy atom. The highest BCUT2D eigenvalue weighted by Gasteiger charge is 2.29. The number of fused-ring (bicyclic) bond motifs is 1. The Labute approximate surface area is 109 Å². The molecule has 1 amide bonds. The lowest BCUT2D eigenvalue weighted by atomic mass is 10.1. The largest absolute Gasteiger partial charge is 0.508 e. The second kappa shape index (κ2) is 5.17. The van der Waals surface area contributed by atoms with Gasteiger partial charge in [-0.2, -0.15) is 0 Å². The topological polar surface area (TPSA) is 98.1 Å². The van der Waals surface area contributed by atoms with E-state index in [9.17, 15) is 19.8 Å². The number of aliphatic carboxylic acids is 1. The van der Waals surface area contributed by atoms with Gasteiger partial charge in [0.25, 0.3) is 5.91 Å². The lowest BCUT2D eigenvalue weighted by Crippen LogP contribution is -2.25. The van der Waals surface area contributed by atoms with Gasteiger partial charge in [0.1, 0.15) is 11.5 Å². The summed E-state index contributed by atoms with van der Waals surface area (Å²) in [6.45, 7) is 0.744. The third-order valence-electron chi connectivity index (χ3n) is 3.15. The number of nitrogens with zero attached hydrogens (tertiary/aromatic N) is 1. The molecule has 19 heavy (non-hydrogen) atoms. The summed E-state index contributed by atoms with van der Waals surface area (Å²) >= 11 is 0. The Bertz CT molecular complexity index is 526. The van der Waals surface area contributed by atoms with Crippen molar-refractivity contribution < 1.29 is 24.9 Å². The van der Waals surface area contributed by atoms with Gasteiger partial charge in [0.15, 0.2) is 0 Å². The molecular formula is C13H15NO5. The van der Waals surface area contributed by atoms with Crippen LogP contribution in [0.25, 0.3) is 0 Å². The van der Waals surface area contributed by atoms with Crippen molar-refractivity contribution in [1.29, 1.82) is 0 Å². The standard InChI is InChI=1S/C13H15NO5/c15-8-5-9-10(11(16)6-8)7-14(13(9)19)4-2-1-3-12(17)18/h5-6,15-16H,1-4,7H2,(H,17,18). The number of carboxylic acids is 1. The van der Waals surface area contributed by atoms with E-state index in [-0.39, 0.29) is 23.8 Å². The smallest absolute Gasteiger partial charge is 0.303 e. The quantitative estimate of drug-likeness (QED) is 0.697. The maximum absolute atomic E-state index is 12.0. The first-order chi connectivity index (χ1) is 8.99. The van der Waals surface area contributed by atoms with E-state index < -0.39 is 5.97 Å². The van der Waals surface area contributed by atoms with Crippen molar-refractivity contribution in [3.05, 3.63) is 23.3 Å². The first-order valence-electron chi connectivity index (χ1n) is 6.05. The van der Waals surface area contributed by atoms with Gasteiger partial charge in [0.2, 0.25) is 0 Å². The number of hydrogen-bond donors (Lipinski definition) is 3. The zero-order valence-electron chi connectivity index (χ0n) is 10.3. The second-order valence-corrected chi connectivity index (χ2v) is 4.57. The van der Waals surface area contributed by atoms with Crippen molar-refractivity contribution in [3.63, 3.8) is 0 Å². The molecule has 0 bridgehead atoms. The van der Waals surface area contributed by atoms with E-state index in [0.717, 1.165) is 0 Å². The minimum Gasteiger partial charge on any atom is -0.508 e. The molecule has 2 rings (SSSR count). The van der Waals surface area contributed by atoms with Crippen LogP contribution in [0.4, 0.5) is 0 Å². The third kappa shape index (κ3) is 2.78. The second-order valence-electron chi connectivity index (χ2n) is 4.57. The normalized spacial score (nSPS) is 13.7. The van der Waals surface area contributed by atoms with Crippen LogP contribution in [0.1, 0.15) is 35.2 Å². The summed E-state index contributed by atoms with van der Waals surface area (Å²) in [5.74, 6) is -1.32. The highest BCUT2D eigenvalue weighted by molar-refractivity contribution is 5.99. The van der Waals surface area contributed by atoms with E-state index in [1.54, 1.807) is 4.90 Å². The number of unbranched alkanes of at least 4 members (excludes halogenated alkanes) is 1. The monoisotopic (exact) mass is 265 g/mol. The van der Waals surface area contributed by atoms with E-state index >= 15 is 0 Å². The molecule has 0 aliphatic carbocycles. The molecule has 1 aromatic rings. The molecule has 0 atom stereocenters. The summed E-state index contributed by atoms with van der Waals surface area (Å²) < 4.78 is 0. The molecule has 0 aromatic heterocycles. The molecule has 0 saturated heterocycles. The van der Waals surface area contributed by atoms with Gasteiger partial charge in [0.05, 0.1) is 12.1 Å². The van der Waals surface area contributed by atoms with E-state index in [2.05, 4.69) is 0 Å². The highest BCUT2D eigenvalue weighted by atomic mass is 16.4. The van der Waals surface area contributed by atoms with Gasteiger partial charge < -0.3 is 20.2 Å². The van der Waals surface area contributed by atoms with Crippen LogP contribution in [-0.2, 0) is 11.3 Å². The highest BCUT2D eigenvalue weighted by Crippen LogP contribution is 2.33. The number of phenolic OH excluding ortho intramolecular Hbond substituents is 2. The Kier molecular flexibility index (Phi) is 3.59. The minimum atomic E-state index is -0.849. The van der Waals surface area contributed by atoms with Crippen LogP contribution in [-0.4, -0.2) is 38.6 Å². The number of phenols is 2. The predicted octanol–water partition coefficient (Wildman–Crippen LogP) is 1.31. The third-order valence-corrected chi connectivity index (χ3v) is 3.15. The van der Waals surface area contributed by atoms with Crippen LogP contribution in [0.5, 0.6) is 11.5 Å². The molecule has 0 fully saturated rings. The van der Waals surface area contributed by atoms with E-state index in [0.29, 0.717) is 37.1 Å². The number of aromatic hydroxyl groups is 2. The van der Waals surface area contributed by atoms with Crippen LogP contribution in [0.15, 0.2) is 12.1 Å². The Morgan fingerprint density at radius 3 is 2.68 bits per heavy atom. The molecule has 1 aliphatic rings. The number of carbonyl (C=O) groups is 2. The molecule has 6 heteroatoms. The molecule has 0 radical (unpaired) electrons. The van der Waals surface area contributed by atoms with Gasteiger partial charge in [-0.1, -0.05) is 0 Å². The van der Waals surface area contributed by atoms with Gasteiger partial charge in [-0.05, 0) is 18.9 Å². The molecular weight excluding hydrogens is 250 g/mol. The van der Waals surface area contributed by atoms with Crippen LogP contribution >= 0.6 is 0 Å². The summed E-state index contributed by atoms with van der Waals surface area (Å²) in [7, 11) is 0. The lowest BCUT2D eigenvalue weighted by Gasteiger charge is -2.14. The summed E-state index contributed by atoms with van der Waals surface area (Å²) in [5.41, 5.74) is 0.830. The molecule has 102 valence electrons. The maximum atomic E-state index is 12.0. The van der Waals surface area contributed by atoms with E-state index in [1.165, 1.54) is 12.1 Å². The average molecular weight is 265 g/mol. The summed E-state index contributed by atoms with van der Waals surface area (Å²) in [6, 6.07) is 2.55. The average Bonchev–Trinajstić information content (AvgIpc) is 2.63. The summed E-state index contributed by atoms with van der Waals surface area (Å²) in [5, 5.41) is 27.6. The van der Waals surface area contributed by atoms with Crippen molar-refractivity contribution in [2.45, 2.75) is 25.8 Å². The van der Waals surface area contributed by atoms with Crippen LogP contribution in [0.3, 0.4) is 0 Å². The van der Waals surface area contributed by atoms with E-state index in [1.807, 2.05) is 0 Å². The molecule has 0 saturated carbocycles. The van der Waals surface area contributed by atoms with Gasteiger partial charge in [0, 0.05) is 24.6 Å². The zero-order valence-corrected chi connectivity index (χ0v) is 10.3. The number of amides is 1. The minimum absolute atomic E-state index is 0.0843. The SMILES string of the molecule is O=C(O)CCCCN1Cc2c(O)cc(O)cc2C1=O. The number of benzene rings is 1. The predicted molar refractivity (Wildman–Crippen MR) is 66.0 cm³/mol. The first-order valence-corrected chi connectivity index (χ1v) is 6.05. The number of carbonyl (C=O) groups excluding carboxylic acids is 1. The number of rotatable bonds is 5. The van der Waals surface area contributed by atoms with Gasteiger partial charge in [-0.3, -0.25) is 9.59 Å². The van der Waals surface area contributed by atoms with Crippen LogP contribution < -0.4 is 0 Å². The fraction of sp³-hybridized carbons (Fsp3) is 0.385. The van der Waals surface area contributed by atoms with Crippen molar-refractivity contribution >= 4 is 11.9 Å². The lowest BCUT2D eigenvalue weighted by molar-refractivity contribution is -0.137. The fourth-order valence-corrected chi connectivity index (χ4v) is 2.19. The Morgan fingerprint density at radius 1 is 1.26 bits per heavy atom. The summed E-state index contributed by atoms with van der Waals surface area (Å²) in [4.78, 5) is 23.9. The van der Waals surface area contributed by atoms with E-state index in [4.69, 9.17) is 5.11 Å². The maximum Gasteiger partial charge on any atom is 0.303 e. The molecule has 1 aromatic carbocycles. The Balaban J connectivity index is 1.99. The fourth-order valence-electron chi connectivity index (χ4n) is 2.19. The molecule has 0 unspecified atom stereocenters. The molecule has 1 aliphatic heterocycles. The number of carboxylic acid groups (broad SMARTS) is 1. The van der Waals surface area contributed by atoms with Crippen molar-refractivity contribution in [2.75, 3.05) is 6.54 Å². The van der Waals surface area contributed by atoms with Gasteiger partial charge in [-0.15, -0.1) is 0 Å². The van der Waals surface area contributed by atoms with Crippen molar-refractivity contribution in [3.8, 4) is 11.5 Å². The molecule has 1 heterocycles. The first kappa shape index (κ1) is 13.2. The number of hydrogen-bond acceptors (Lipinski definition) is 4. The summed E-state index contributed by atoms with van der Waals surface area (Å²) in [6.07, 6.45) is 1.19.